The third kappa shape index (κ3) is 3.98. The molecule has 0 aliphatic heterocycles. The highest BCUT2D eigenvalue weighted by molar-refractivity contribution is 5.75. The largest absolute Gasteiger partial charge is 0.468 e. The summed E-state index contributed by atoms with van der Waals surface area (Å²) in [4.78, 5) is 11.8. The van der Waals surface area contributed by atoms with Gasteiger partial charge in [0.2, 0.25) is 0 Å². The molecule has 0 spiro atoms. The van der Waals surface area contributed by atoms with Gasteiger partial charge in [0.1, 0.15) is 6.04 Å². The van der Waals surface area contributed by atoms with Crippen molar-refractivity contribution < 1.29 is 9.53 Å². The summed E-state index contributed by atoms with van der Waals surface area (Å²) in [6.07, 6.45) is 5.06. The summed E-state index contributed by atoms with van der Waals surface area (Å²) in [5, 5.41) is 3.56. The van der Waals surface area contributed by atoms with Gasteiger partial charge in [0.25, 0.3) is 0 Å². The molecule has 0 aromatic rings. The van der Waals surface area contributed by atoms with Gasteiger partial charge in [0.05, 0.1) is 7.11 Å². The second-order valence-corrected chi connectivity index (χ2v) is 6.21. The quantitative estimate of drug-likeness (QED) is 0.768. The lowest BCUT2D eigenvalue weighted by molar-refractivity contribution is -0.144. The van der Waals surface area contributed by atoms with Crippen molar-refractivity contribution in [2.24, 2.45) is 17.8 Å². The molecule has 1 aliphatic carbocycles. The Morgan fingerprint density at radius 3 is 2.28 bits per heavy atom. The van der Waals surface area contributed by atoms with Crippen molar-refractivity contribution in [2.75, 3.05) is 7.11 Å². The molecule has 1 N–H and O–H groups in total. The van der Waals surface area contributed by atoms with Gasteiger partial charge in [-0.05, 0) is 30.6 Å². The average Bonchev–Trinajstić information content (AvgIpc) is 2.34. The summed E-state index contributed by atoms with van der Waals surface area (Å²) < 4.78 is 4.91. The minimum Gasteiger partial charge on any atom is -0.468 e. The molecule has 1 saturated carbocycles. The van der Waals surface area contributed by atoms with Crippen LogP contribution >= 0.6 is 0 Å². The van der Waals surface area contributed by atoms with Gasteiger partial charge in [-0.15, -0.1) is 0 Å². The summed E-state index contributed by atoms with van der Waals surface area (Å²) in [5.41, 5.74) is 0. The highest BCUT2D eigenvalue weighted by Gasteiger charge is 2.32. The van der Waals surface area contributed by atoms with Gasteiger partial charge in [-0.3, -0.25) is 4.79 Å². The van der Waals surface area contributed by atoms with Crippen LogP contribution in [-0.4, -0.2) is 25.2 Å². The maximum absolute atomic E-state index is 11.8. The maximum atomic E-state index is 11.8. The molecule has 18 heavy (non-hydrogen) atoms. The number of esters is 1. The summed E-state index contributed by atoms with van der Waals surface area (Å²) in [6.45, 7) is 8.71. The number of nitrogens with one attached hydrogen (secondary N) is 1. The number of carbonyl (C=O) groups excluding carboxylic acids is 1. The number of ether oxygens (including phenoxy) is 1. The number of hydrogen-bond acceptors (Lipinski definition) is 3. The van der Waals surface area contributed by atoms with Crippen LogP contribution in [0.5, 0.6) is 0 Å². The molecule has 1 aliphatic rings. The van der Waals surface area contributed by atoms with Gasteiger partial charge < -0.3 is 10.1 Å². The molecule has 106 valence electrons. The third-order valence-corrected chi connectivity index (χ3v) is 4.19. The molecule has 1 fully saturated rings. The SMILES string of the molecule is COC(=O)[C@@H](NC1CCCCC1C(C)C)C(C)C. The van der Waals surface area contributed by atoms with Crippen LogP contribution in [0.1, 0.15) is 53.4 Å². The first-order chi connectivity index (χ1) is 8.47. The Morgan fingerprint density at radius 2 is 1.78 bits per heavy atom. The van der Waals surface area contributed by atoms with Crippen LogP contribution in [0.15, 0.2) is 0 Å². The fourth-order valence-electron chi connectivity index (χ4n) is 3.05. The van der Waals surface area contributed by atoms with Crippen molar-refractivity contribution in [2.45, 2.75) is 65.5 Å². The molecular weight excluding hydrogens is 226 g/mol. The number of hydrogen-bond donors (Lipinski definition) is 1. The Kier molecular flexibility index (Phi) is 6.13. The lowest BCUT2D eigenvalue weighted by Crippen LogP contribution is -2.51. The van der Waals surface area contributed by atoms with E-state index in [1.165, 1.54) is 32.8 Å². The van der Waals surface area contributed by atoms with Crippen LogP contribution in [0.4, 0.5) is 0 Å². The van der Waals surface area contributed by atoms with E-state index in [4.69, 9.17) is 4.74 Å². The van der Waals surface area contributed by atoms with Gasteiger partial charge in [0.15, 0.2) is 0 Å². The zero-order chi connectivity index (χ0) is 13.7. The maximum Gasteiger partial charge on any atom is 0.323 e. The van der Waals surface area contributed by atoms with Gasteiger partial charge in [-0.2, -0.15) is 0 Å². The summed E-state index contributed by atoms with van der Waals surface area (Å²) in [6, 6.07) is 0.296. The van der Waals surface area contributed by atoms with Gasteiger partial charge in [0, 0.05) is 6.04 Å². The van der Waals surface area contributed by atoms with E-state index < -0.39 is 0 Å². The van der Waals surface area contributed by atoms with E-state index in [1.807, 2.05) is 0 Å². The van der Waals surface area contributed by atoms with Crippen LogP contribution in [0.3, 0.4) is 0 Å². The molecule has 3 atom stereocenters. The molecule has 0 heterocycles. The molecule has 1 rings (SSSR count). The summed E-state index contributed by atoms with van der Waals surface area (Å²) >= 11 is 0. The standard InChI is InChI=1S/C15H29NO2/c1-10(2)12-8-6-7-9-13(12)16-14(11(3)4)15(17)18-5/h10-14,16H,6-9H2,1-5H3/t12?,13?,14-/m0/s1. The normalized spacial score (nSPS) is 26.4. The van der Waals surface area contributed by atoms with E-state index >= 15 is 0 Å². The fraction of sp³-hybridized carbons (Fsp3) is 0.933. The molecule has 0 aromatic carbocycles. The van der Waals surface area contributed by atoms with Crippen molar-refractivity contribution in [1.29, 1.82) is 0 Å². The first-order valence-electron chi connectivity index (χ1n) is 7.31. The monoisotopic (exact) mass is 255 g/mol. The lowest BCUT2D eigenvalue weighted by atomic mass is 9.77. The Morgan fingerprint density at radius 1 is 1.17 bits per heavy atom. The molecule has 0 bridgehead atoms. The van der Waals surface area contributed by atoms with Crippen LogP contribution in [-0.2, 0) is 9.53 Å². The Hall–Kier alpha value is -0.570. The zero-order valence-corrected chi connectivity index (χ0v) is 12.5. The first kappa shape index (κ1) is 15.5. The second-order valence-electron chi connectivity index (χ2n) is 6.21. The molecule has 3 nitrogen and oxygen atoms in total. The van der Waals surface area contributed by atoms with Gasteiger partial charge in [-0.1, -0.05) is 40.5 Å². The van der Waals surface area contributed by atoms with Crippen molar-refractivity contribution in [3.8, 4) is 0 Å². The Bertz CT molecular complexity index is 263. The van der Waals surface area contributed by atoms with Gasteiger partial charge >= 0.3 is 5.97 Å². The minimum absolute atomic E-state index is 0.127. The van der Waals surface area contributed by atoms with Crippen molar-refractivity contribution in [3.05, 3.63) is 0 Å². The van der Waals surface area contributed by atoms with Crippen LogP contribution in [0.25, 0.3) is 0 Å². The number of carbonyl (C=O) groups is 1. The van der Waals surface area contributed by atoms with E-state index in [0.717, 1.165) is 0 Å². The van der Waals surface area contributed by atoms with Crippen LogP contribution in [0.2, 0.25) is 0 Å². The van der Waals surface area contributed by atoms with E-state index in [9.17, 15) is 4.79 Å². The highest BCUT2D eigenvalue weighted by Crippen LogP contribution is 2.30. The molecule has 0 amide bonds. The molecule has 0 radical (unpaired) electrons. The molecule has 2 unspecified atom stereocenters. The highest BCUT2D eigenvalue weighted by atomic mass is 16.5. The molecule has 0 saturated heterocycles. The van der Waals surface area contributed by atoms with E-state index in [-0.39, 0.29) is 17.9 Å². The first-order valence-corrected chi connectivity index (χ1v) is 7.31. The fourth-order valence-corrected chi connectivity index (χ4v) is 3.05. The predicted molar refractivity (Wildman–Crippen MR) is 74.4 cm³/mol. The number of methoxy groups -OCH3 is 1. The minimum atomic E-state index is -0.167. The number of rotatable bonds is 5. The van der Waals surface area contributed by atoms with Crippen LogP contribution < -0.4 is 5.32 Å². The van der Waals surface area contributed by atoms with E-state index in [1.54, 1.807) is 0 Å². The van der Waals surface area contributed by atoms with E-state index in [2.05, 4.69) is 33.0 Å². The Labute approximate surface area is 112 Å². The van der Waals surface area contributed by atoms with Crippen LogP contribution in [0, 0.1) is 17.8 Å². The second kappa shape index (κ2) is 7.13. The molecule has 0 aromatic heterocycles. The van der Waals surface area contributed by atoms with Crippen molar-refractivity contribution in [3.63, 3.8) is 0 Å². The third-order valence-electron chi connectivity index (χ3n) is 4.19. The lowest BCUT2D eigenvalue weighted by Gasteiger charge is -2.37. The topological polar surface area (TPSA) is 38.3 Å². The average molecular weight is 255 g/mol. The zero-order valence-electron chi connectivity index (χ0n) is 12.5. The summed E-state index contributed by atoms with van der Waals surface area (Å²) in [5.74, 6) is 1.50. The molecule has 3 heteroatoms. The molecular formula is C15H29NO2. The summed E-state index contributed by atoms with van der Waals surface area (Å²) in [7, 11) is 1.47. The smallest absolute Gasteiger partial charge is 0.323 e. The van der Waals surface area contributed by atoms with Crippen molar-refractivity contribution in [1.82, 2.24) is 5.32 Å². The van der Waals surface area contributed by atoms with E-state index in [0.29, 0.717) is 17.9 Å². The predicted octanol–water partition coefficient (Wildman–Crippen LogP) is 2.99. The van der Waals surface area contributed by atoms with Crippen molar-refractivity contribution >= 4 is 5.97 Å². The van der Waals surface area contributed by atoms with Gasteiger partial charge in [-0.25, -0.2) is 0 Å². The Balaban J connectivity index is 2.68.